The van der Waals surface area contributed by atoms with Crippen LogP contribution in [0.5, 0.6) is 5.75 Å². The molecule has 74 valence electrons. The zero-order valence-corrected chi connectivity index (χ0v) is 8.46. The van der Waals surface area contributed by atoms with Gasteiger partial charge in [0.2, 0.25) is 0 Å². The summed E-state index contributed by atoms with van der Waals surface area (Å²) in [6.07, 6.45) is 2.53. The van der Waals surface area contributed by atoms with E-state index in [2.05, 4.69) is 0 Å². The lowest BCUT2D eigenvalue weighted by Crippen LogP contribution is -1.97. The molecule has 0 aliphatic rings. The third-order valence-corrected chi connectivity index (χ3v) is 2.24. The van der Waals surface area contributed by atoms with Crippen LogP contribution in [-0.4, -0.2) is 12.5 Å². The van der Waals surface area contributed by atoms with Crippen molar-refractivity contribution in [3.05, 3.63) is 30.5 Å². The molecule has 0 fully saturated rings. The van der Waals surface area contributed by atoms with Gasteiger partial charge in [0, 0.05) is 17.3 Å². The minimum atomic E-state index is 0.628. The molecule has 1 aromatic heterocycles. The maximum atomic E-state index is 5.55. The Labute approximate surface area is 87.4 Å². The predicted molar refractivity (Wildman–Crippen MR) is 57.0 cm³/mol. The third kappa shape index (κ3) is 2.02. The van der Waals surface area contributed by atoms with E-state index in [0.717, 1.165) is 23.1 Å². The SMILES string of the molecule is ClCCCOc1ccc2ccoc2c1. The van der Waals surface area contributed by atoms with Crippen LogP contribution in [-0.2, 0) is 0 Å². The van der Waals surface area contributed by atoms with Crippen molar-refractivity contribution in [2.75, 3.05) is 12.5 Å². The molecule has 0 radical (unpaired) electrons. The lowest BCUT2D eigenvalue weighted by Gasteiger charge is -2.03. The van der Waals surface area contributed by atoms with Crippen LogP contribution < -0.4 is 4.74 Å². The van der Waals surface area contributed by atoms with E-state index in [1.165, 1.54) is 0 Å². The topological polar surface area (TPSA) is 22.4 Å². The fraction of sp³-hybridized carbons (Fsp3) is 0.273. The molecule has 0 amide bonds. The number of halogens is 1. The molecule has 0 unspecified atom stereocenters. The van der Waals surface area contributed by atoms with Gasteiger partial charge in [-0.25, -0.2) is 0 Å². The molecule has 1 heterocycles. The smallest absolute Gasteiger partial charge is 0.137 e. The van der Waals surface area contributed by atoms with Crippen molar-refractivity contribution in [2.24, 2.45) is 0 Å². The van der Waals surface area contributed by atoms with Gasteiger partial charge in [0.05, 0.1) is 12.9 Å². The second kappa shape index (κ2) is 4.38. The summed E-state index contributed by atoms with van der Waals surface area (Å²) < 4.78 is 10.7. The van der Waals surface area contributed by atoms with Crippen LogP contribution in [0, 0.1) is 0 Å². The largest absolute Gasteiger partial charge is 0.493 e. The molecule has 0 atom stereocenters. The number of benzene rings is 1. The van der Waals surface area contributed by atoms with Crippen molar-refractivity contribution >= 4 is 22.6 Å². The van der Waals surface area contributed by atoms with E-state index < -0.39 is 0 Å². The highest BCUT2D eigenvalue weighted by atomic mass is 35.5. The Bertz CT molecular complexity index is 408. The Balaban J connectivity index is 2.10. The number of ether oxygens (including phenoxy) is 1. The summed E-state index contributed by atoms with van der Waals surface area (Å²) in [6, 6.07) is 7.74. The van der Waals surface area contributed by atoms with Crippen molar-refractivity contribution in [3.8, 4) is 5.75 Å². The zero-order chi connectivity index (χ0) is 9.80. The van der Waals surface area contributed by atoms with E-state index in [9.17, 15) is 0 Å². The van der Waals surface area contributed by atoms with Gasteiger partial charge >= 0.3 is 0 Å². The molecule has 2 aromatic rings. The van der Waals surface area contributed by atoms with E-state index in [1.54, 1.807) is 6.26 Å². The maximum absolute atomic E-state index is 5.55. The molecule has 0 aliphatic heterocycles. The Morgan fingerprint density at radius 3 is 3.07 bits per heavy atom. The first-order valence-electron chi connectivity index (χ1n) is 4.56. The molecule has 0 aliphatic carbocycles. The van der Waals surface area contributed by atoms with Crippen LogP contribution in [0.2, 0.25) is 0 Å². The van der Waals surface area contributed by atoms with Gasteiger partial charge in [-0.05, 0) is 24.6 Å². The van der Waals surface area contributed by atoms with Crippen molar-refractivity contribution < 1.29 is 9.15 Å². The second-order valence-corrected chi connectivity index (χ2v) is 3.39. The fourth-order valence-corrected chi connectivity index (χ4v) is 1.38. The molecule has 14 heavy (non-hydrogen) atoms. The Kier molecular flexibility index (Phi) is 2.94. The lowest BCUT2D eigenvalue weighted by molar-refractivity contribution is 0.318. The van der Waals surface area contributed by atoms with Gasteiger partial charge < -0.3 is 9.15 Å². The number of alkyl halides is 1. The van der Waals surface area contributed by atoms with Gasteiger partial charge in [0.25, 0.3) is 0 Å². The Morgan fingerprint density at radius 2 is 2.21 bits per heavy atom. The minimum absolute atomic E-state index is 0.628. The lowest BCUT2D eigenvalue weighted by atomic mass is 10.2. The molecule has 2 nitrogen and oxygen atoms in total. The number of hydrogen-bond donors (Lipinski definition) is 0. The molecule has 2 rings (SSSR count). The van der Waals surface area contributed by atoms with Gasteiger partial charge in [0.1, 0.15) is 11.3 Å². The average molecular weight is 211 g/mol. The first-order valence-corrected chi connectivity index (χ1v) is 5.09. The van der Waals surface area contributed by atoms with Gasteiger partial charge in [-0.1, -0.05) is 0 Å². The highest BCUT2D eigenvalue weighted by Crippen LogP contribution is 2.21. The number of furan rings is 1. The van der Waals surface area contributed by atoms with Crippen molar-refractivity contribution in [3.63, 3.8) is 0 Å². The van der Waals surface area contributed by atoms with Crippen LogP contribution in [0.15, 0.2) is 34.9 Å². The maximum Gasteiger partial charge on any atom is 0.137 e. The summed E-state index contributed by atoms with van der Waals surface area (Å²) in [5.41, 5.74) is 0.855. The number of hydrogen-bond acceptors (Lipinski definition) is 2. The van der Waals surface area contributed by atoms with Gasteiger partial charge in [-0.15, -0.1) is 11.6 Å². The summed E-state index contributed by atoms with van der Waals surface area (Å²) >= 11 is 5.55. The summed E-state index contributed by atoms with van der Waals surface area (Å²) in [7, 11) is 0. The summed E-state index contributed by atoms with van der Waals surface area (Å²) in [5, 5.41) is 1.09. The molecule has 1 aromatic carbocycles. The summed E-state index contributed by atoms with van der Waals surface area (Å²) in [4.78, 5) is 0. The van der Waals surface area contributed by atoms with Crippen LogP contribution in [0.3, 0.4) is 0 Å². The first-order chi connectivity index (χ1) is 6.90. The average Bonchev–Trinajstić information content (AvgIpc) is 2.65. The summed E-state index contributed by atoms with van der Waals surface area (Å²) in [6.45, 7) is 0.649. The highest BCUT2D eigenvalue weighted by Gasteiger charge is 1.99. The fourth-order valence-electron chi connectivity index (χ4n) is 1.27. The number of rotatable bonds is 4. The van der Waals surface area contributed by atoms with E-state index in [4.69, 9.17) is 20.8 Å². The molecule has 0 spiro atoms. The molecule has 0 N–H and O–H groups in total. The van der Waals surface area contributed by atoms with Gasteiger partial charge in [-0.3, -0.25) is 0 Å². The molecule has 0 saturated heterocycles. The molecule has 0 bridgehead atoms. The van der Waals surface area contributed by atoms with Gasteiger partial charge in [0.15, 0.2) is 0 Å². The second-order valence-electron chi connectivity index (χ2n) is 3.01. The Morgan fingerprint density at radius 1 is 1.29 bits per heavy atom. The quantitative estimate of drug-likeness (QED) is 0.570. The van der Waals surface area contributed by atoms with E-state index in [0.29, 0.717) is 12.5 Å². The van der Waals surface area contributed by atoms with Crippen LogP contribution in [0.25, 0.3) is 11.0 Å². The predicted octanol–water partition coefficient (Wildman–Crippen LogP) is 3.44. The van der Waals surface area contributed by atoms with Crippen molar-refractivity contribution in [1.82, 2.24) is 0 Å². The molecular formula is C11H11ClO2. The molecular weight excluding hydrogens is 200 g/mol. The Hall–Kier alpha value is -1.15. The summed E-state index contributed by atoms with van der Waals surface area (Å²) in [5.74, 6) is 1.46. The highest BCUT2D eigenvalue weighted by molar-refractivity contribution is 6.17. The number of fused-ring (bicyclic) bond motifs is 1. The van der Waals surface area contributed by atoms with E-state index in [1.807, 2.05) is 24.3 Å². The first kappa shape index (κ1) is 9.41. The monoisotopic (exact) mass is 210 g/mol. The standard InChI is InChI=1S/C11H11ClO2/c12-5-1-6-13-10-3-2-9-4-7-14-11(9)8-10/h2-4,7-8H,1,5-6H2. The molecule has 0 saturated carbocycles. The van der Waals surface area contributed by atoms with Crippen LogP contribution >= 0.6 is 11.6 Å². The van der Waals surface area contributed by atoms with Crippen LogP contribution in [0.4, 0.5) is 0 Å². The normalized spacial score (nSPS) is 10.6. The van der Waals surface area contributed by atoms with Gasteiger partial charge in [-0.2, -0.15) is 0 Å². The minimum Gasteiger partial charge on any atom is -0.493 e. The molecule has 3 heteroatoms. The van der Waals surface area contributed by atoms with Crippen molar-refractivity contribution in [2.45, 2.75) is 6.42 Å². The van der Waals surface area contributed by atoms with E-state index in [-0.39, 0.29) is 0 Å². The van der Waals surface area contributed by atoms with E-state index >= 15 is 0 Å². The zero-order valence-electron chi connectivity index (χ0n) is 7.70. The van der Waals surface area contributed by atoms with Crippen molar-refractivity contribution in [1.29, 1.82) is 0 Å². The van der Waals surface area contributed by atoms with Crippen LogP contribution in [0.1, 0.15) is 6.42 Å². The third-order valence-electron chi connectivity index (χ3n) is 1.97.